The fraction of sp³-hybridized carbons (Fsp3) is 0.704. The fourth-order valence-corrected chi connectivity index (χ4v) is 3.96. The van der Waals surface area contributed by atoms with Gasteiger partial charge in [-0.25, -0.2) is 0 Å². The lowest BCUT2D eigenvalue weighted by Crippen LogP contribution is -2.48. The zero-order valence-electron chi connectivity index (χ0n) is 22.6. The Kier molecular flexibility index (Phi) is 9.59. The molecule has 0 spiro atoms. The van der Waals surface area contributed by atoms with E-state index < -0.39 is 11.6 Å². The van der Waals surface area contributed by atoms with Crippen LogP contribution in [0.4, 0.5) is 0 Å². The quantitative estimate of drug-likeness (QED) is 0.467. The maximum Gasteiger partial charge on any atom is 0.326 e. The van der Waals surface area contributed by atoms with Crippen molar-refractivity contribution in [2.24, 2.45) is 5.92 Å². The number of esters is 1. The van der Waals surface area contributed by atoms with Gasteiger partial charge in [0.05, 0.1) is 17.8 Å². The normalized spacial score (nSPS) is 16.4. The average Bonchev–Trinajstić information content (AvgIpc) is 2.71. The first-order valence-corrected chi connectivity index (χ1v) is 12.5. The number of piperidine rings is 1. The monoisotopic (exact) mass is 492 g/mol. The molecule has 1 aliphatic rings. The highest BCUT2D eigenvalue weighted by Crippen LogP contribution is 2.33. The number of phenolic OH excluding ortho intramolecular Hbond substituents is 2. The van der Waals surface area contributed by atoms with Gasteiger partial charge in [0.25, 0.3) is 5.91 Å². The van der Waals surface area contributed by atoms with Gasteiger partial charge in [0.1, 0.15) is 23.1 Å². The summed E-state index contributed by atoms with van der Waals surface area (Å²) < 4.78 is 11.4. The average molecular weight is 493 g/mol. The molecule has 198 valence electrons. The molecule has 1 aromatic carbocycles. The summed E-state index contributed by atoms with van der Waals surface area (Å²) in [5.41, 5.74) is -0.106. The Bertz CT molecular complexity index is 877. The minimum absolute atomic E-state index is 0.00573. The van der Waals surface area contributed by atoms with E-state index in [1.165, 1.54) is 6.07 Å². The molecular formula is C27H44N2O6. The van der Waals surface area contributed by atoms with Crippen LogP contribution in [0.25, 0.3) is 0 Å². The Morgan fingerprint density at radius 3 is 2.14 bits per heavy atom. The molecule has 0 radical (unpaired) electrons. The van der Waals surface area contributed by atoms with Crippen LogP contribution in [-0.2, 0) is 14.3 Å². The van der Waals surface area contributed by atoms with Crippen LogP contribution in [-0.4, -0.2) is 70.5 Å². The number of benzene rings is 1. The lowest BCUT2D eigenvalue weighted by atomic mass is 9.94. The largest absolute Gasteiger partial charge is 0.508 e. The van der Waals surface area contributed by atoms with Gasteiger partial charge in [-0.05, 0) is 84.4 Å². The van der Waals surface area contributed by atoms with E-state index in [1.54, 1.807) is 11.0 Å². The zero-order chi connectivity index (χ0) is 26.6. The van der Waals surface area contributed by atoms with Gasteiger partial charge in [0, 0.05) is 19.2 Å². The van der Waals surface area contributed by atoms with Crippen molar-refractivity contribution < 1.29 is 29.3 Å². The van der Waals surface area contributed by atoms with Gasteiger partial charge < -0.3 is 29.9 Å². The number of rotatable bonds is 8. The second kappa shape index (κ2) is 11.6. The third-order valence-electron chi connectivity index (χ3n) is 5.93. The van der Waals surface area contributed by atoms with E-state index >= 15 is 0 Å². The van der Waals surface area contributed by atoms with Gasteiger partial charge in [-0.3, -0.25) is 9.59 Å². The van der Waals surface area contributed by atoms with Crippen LogP contribution in [0.2, 0.25) is 0 Å². The van der Waals surface area contributed by atoms with E-state index in [0.29, 0.717) is 31.1 Å². The van der Waals surface area contributed by atoms with Crippen molar-refractivity contribution in [1.29, 1.82) is 0 Å². The summed E-state index contributed by atoms with van der Waals surface area (Å²) in [7, 11) is 0. The number of amides is 1. The predicted octanol–water partition coefficient (Wildman–Crippen LogP) is 4.19. The van der Waals surface area contributed by atoms with E-state index in [0.717, 1.165) is 12.8 Å². The van der Waals surface area contributed by atoms with Crippen molar-refractivity contribution in [3.63, 3.8) is 0 Å². The zero-order valence-corrected chi connectivity index (χ0v) is 22.6. The van der Waals surface area contributed by atoms with Crippen LogP contribution < -0.4 is 5.32 Å². The molecule has 8 heteroatoms. The molecule has 8 nitrogen and oxygen atoms in total. The second-order valence-corrected chi connectivity index (χ2v) is 11.7. The summed E-state index contributed by atoms with van der Waals surface area (Å²) in [6.07, 6.45) is 1.55. The molecule has 3 N–H and O–H groups in total. The van der Waals surface area contributed by atoms with Crippen molar-refractivity contribution in [3.05, 3.63) is 23.3 Å². The van der Waals surface area contributed by atoms with Gasteiger partial charge in [-0.1, -0.05) is 13.8 Å². The number of hydrogen-bond donors (Lipinski definition) is 3. The van der Waals surface area contributed by atoms with E-state index in [2.05, 4.69) is 5.32 Å². The smallest absolute Gasteiger partial charge is 0.326 e. The Balaban J connectivity index is 1.97. The number of nitrogens with one attached hydrogen (secondary N) is 1. The maximum atomic E-state index is 13.1. The van der Waals surface area contributed by atoms with Gasteiger partial charge in [0.15, 0.2) is 0 Å². The van der Waals surface area contributed by atoms with Crippen molar-refractivity contribution >= 4 is 11.9 Å². The highest BCUT2D eigenvalue weighted by Gasteiger charge is 2.30. The Morgan fingerprint density at radius 2 is 1.63 bits per heavy atom. The molecule has 1 heterocycles. The number of carbonyl (C=O) groups excluding carboxylic acids is 2. The third-order valence-corrected chi connectivity index (χ3v) is 5.93. The lowest BCUT2D eigenvalue weighted by Gasteiger charge is -2.33. The molecule has 0 bridgehead atoms. The van der Waals surface area contributed by atoms with Crippen LogP contribution in [0.3, 0.4) is 0 Å². The topological polar surface area (TPSA) is 108 Å². The fourth-order valence-electron chi connectivity index (χ4n) is 3.96. The first kappa shape index (κ1) is 28.9. The van der Waals surface area contributed by atoms with E-state index in [1.807, 2.05) is 55.4 Å². The Hall–Kier alpha value is -2.32. The molecule has 0 aliphatic carbocycles. The SMILES string of the molecule is CC(C)c1cc(C(=O)N2CCC(CN[C@@H](COC(C)(C)C)C(=O)OC(C)(C)C)CC2)c(O)cc1O. The van der Waals surface area contributed by atoms with Gasteiger partial charge in [-0.15, -0.1) is 0 Å². The number of hydrogen-bond acceptors (Lipinski definition) is 7. The number of likely N-dealkylation sites (tertiary alicyclic amines) is 1. The number of carbonyl (C=O) groups is 2. The summed E-state index contributed by atoms with van der Waals surface area (Å²) in [5.74, 6) is -0.467. The molecule has 1 aromatic rings. The van der Waals surface area contributed by atoms with E-state index in [9.17, 15) is 19.8 Å². The van der Waals surface area contributed by atoms with Crippen molar-refractivity contribution in [3.8, 4) is 11.5 Å². The molecule has 1 saturated heterocycles. The molecule has 0 aromatic heterocycles. The van der Waals surface area contributed by atoms with Crippen molar-refractivity contribution in [2.45, 2.75) is 91.4 Å². The molecular weight excluding hydrogens is 448 g/mol. The number of nitrogens with zero attached hydrogens (tertiary/aromatic N) is 1. The van der Waals surface area contributed by atoms with Crippen LogP contribution in [0, 0.1) is 5.92 Å². The first-order chi connectivity index (χ1) is 16.1. The minimum Gasteiger partial charge on any atom is -0.508 e. The Morgan fingerprint density at radius 1 is 1.03 bits per heavy atom. The molecule has 0 unspecified atom stereocenters. The highest BCUT2D eigenvalue weighted by molar-refractivity contribution is 5.97. The summed E-state index contributed by atoms with van der Waals surface area (Å²) in [5, 5.41) is 23.7. The summed E-state index contributed by atoms with van der Waals surface area (Å²) in [6, 6.07) is 2.26. The molecule has 1 amide bonds. The van der Waals surface area contributed by atoms with Crippen molar-refractivity contribution in [2.75, 3.05) is 26.2 Å². The summed E-state index contributed by atoms with van der Waals surface area (Å²) in [4.78, 5) is 27.5. The first-order valence-electron chi connectivity index (χ1n) is 12.5. The second-order valence-electron chi connectivity index (χ2n) is 11.7. The molecule has 35 heavy (non-hydrogen) atoms. The molecule has 0 saturated carbocycles. The predicted molar refractivity (Wildman–Crippen MR) is 136 cm³/mol. The third kappa shape index (κ3) is 9.00. The molecule has 1 aliphatic heterocycles. The van der Waals surface area contributed by atoms with Gasteiger partial charge in [-0.2, -0.15) is 0 Å². The minimum atomic E-state index is -0.584. The van der Waals surface area contributed by atoms with Gasteiger partial charge in [0.2, 0.25) is 0 Å². The van der Waals surface area contributed by atoms with E-state index in [-0.39, 0.29) is 47.1 Å². The summed E-state index contributed by atoms with van der Waals surface area (Å²) >= 11 is 0. The number of phenols is 2. The van der Waals surface area contributed by atoms with Crippen LogP contribution >= 0.6 is 0 Å². The maximum absolute atomic E-state index is 13.1. The van der Waals surface area contributed by atoms with E-state index in [4.69, 9.17) is 9.47 Å². The highest BCUT2D eigenvalue weighted by atomic mass is 16.6. The van der Waals surface area contributed by atoms with Crippen molar-refractivity contribution in [1.82, 2.24) is 10.2 Å². The standard InChI is InChI=1S/C27H44N2O6/c1-17(2)19-13-20(23(31)14-22(19)30)24(32)29-11-9-18(10-12-29)15-28-21(16-34-26(3,4)5)25(33)35-27(6,7)8/h13-14,17-18,21,28,30-31H,9-12,15-16H2,1-8H3/t21-/m0/s1. The van der Waals surface area contributed by atoms with Crippen LogP contribution in [0.1, 0.15) is 90.1 Å². The number of aromatic hydroxyl groups is 2. The molecule has 1 fully saturated rings. The van der Waals surface area contributed by atoms with Crippen LogP contribution in [0.5, 0.6) is 11.5 Å². The summed E-state index contributed by atoms with van der Waals surface area (Å²) in [6.45, 7) is 17.2. The molecule has 2 rings (SSSR count). The van der Waals surface area contributed by atoms with Gasteiger partial charge >= 0.3 is 5.97 Å². The number of ether oxygens (including phenoxy) is 2. The molecule has 1 atom stereocenters. The Labute approximate surface area is 210 Å². The van der Waals surface area contributed by atoms with Crippen LogP contribution in [0.15, 0.2) is 12.1 Å². The lowest BCUT2D eigenvalue weighted by molar-refractivity contribution is -0.160.